The van der Waals surface area contributed by atoms with E-state index in [0.29, 0.717) is 5.56 Å². The molecule has 14 heavy (non-hydrogen) atoms. The predicted octanol–water partition coefficient (Wildman–Crippen LogP) is 3.08. The Labute approximate surface area is 78.3 Å². The summed E-state index contributed by atoms with van der Waals surface area (Å²) in [5.74, 6) is -1.16. The second-order valence-electron chi connectivity index (χ2n) is 2.84. The molecule has 0 aromatic heterocycles. The zero-order valence-electron chi connectivity index (χ0n) is 7.36. The monoisotopic (exact) mass is 208 g/mol. The maximum absolute atomic E-state index is 12.9. The van der Waals surface area contributed by atoms with E-state index in [-0.39, 0.29) is 5.75 Å². The number of benzene rings is 1. The van der Waals surface area contributed by atoms with Gasteiger partial charge in [0.15, 0.2) is 18.2 Å². The summed E-state index contributed by atoms with van der Waals surface area (Å²) < 4.78 is 52.3. The third-order valence-corrected chi connectivity index (χ3v) is 1.48. The lowest BCUT2D eigenvalue weighted by Gasteiger charge is -2.09. The van der Waals surface area contributed by atoms with E-state index in [1.165, 1.54) is 12.1 Å². The van der Waals surface area contributed by atoms with Crippen molar-refractivity contribution in [2.45, 2.75) is 13.1 Å². The fourth-order valence-electron chi connectivity index (χ4n) is 0.883. The summed E-state index contributed by atoms with van der Waals surface area (Å²) in [6.07, 6.45) is -4.45. The first-order valence-corrected chi connectivity index (χ1v) is 3.84. The first kappa shape index (κ1) is 10.8. The van der Waals surface area contributed by atoms with E-state index < -0.39 is 18.6 Å². The third-order valence-electron chi connectivity index (χ3n) is 1.48. The fraction of sp³-hybridized carbons (Fsp3) is 0.333. The Balaban J connectivity index is 2.68. The van der Waals surface area contributed by atoms with Gasteiger partial charge in [0.2, 0.25) is 0 Å². The summed E-state index contributed by atoms with van der Waals surface area (Å²) in [4.78, 5) is 0. The van der Waals surface area contributed by atoms with Crippen LogP contribution < -0.4 is 4.74 Å². The molecule has 0 radical (unpaired) electrons. The van der Waals surface area contributed by atoms with Crippen molar-refractivity contribution in [2.75, 3.05) is 6.61 Å². The smallest absolute Gasteiger partial charge is 0.422 e. The van der Waals surface area contributed by atoms with Gasteiger partial charge < -0.3 is 4.74 Å². The SMILES string of the molecule is Cc1ccc(OCC(F)(F)F)c(F)c1. The Morgan fingerprint density at radius 1 is 1.29 bits per heavy atom. The molecule has 0 saturated heterocycles. The molecule has 0 aliphatic heterocycles. The topological polar surface area (TPSA) is 9.23 Å². The summed E-state index contributed by atoms with van der Waals surface area (Å²) in [6.45, 7) is 0.156. The number of alkyl halides is 3. The minimum absolute atomic E-state index is 0.382. The van der Waals surface area contributed by atoms with Gasteiger partial charge in [-0.3, -0.25) is 0 Å². The van der Waals surface area contributed by atoms with E-state index >= 15 is 0 Å². The molecule has 0 fully saturated rings. The Hall–Kier alpha value is -1.26. The number of hydrogen-bond donors (Lipinski definition) is 0. The van der Waals surface area contributed by atoms with Gasteiger partial charge in [0.05, 0.1) is 0 Å². The van der Waals surface area contributed by atoms with Crippen LogP contribution in [-0.2, 0) is 0 Å². The lowest BCUT2D eigenvalue weighted by molar-refractivity contribution is -0.153. The van der Waals surface area contributed by atoms with Crippen molar-refractivity contribution in [2.24, 2.45) is 0 Å². The van der Waals surface area contributed by atoms with Gasteiger partial charge in [-0.1, -0.05) is 6.07 Å². The molecule has 1 nitrogen and oxygen atoms in total. The first-order chi connectivity index (χ1) is 6.38. The van der Waals surface area contributed by atoms with Crippen molar-refractivity contribution in [3.8, 4) is 5.75 Å². The number of hydrogen-bond acceptors (Lipinski definition) is 1. The highest BCUT2D eigenvalue weighted by Gasteiger charge is 2.28. The van der Waals surface area contributed by atoms with Crippen LogP contribution >= 0.6 is 0 Å². The van der Waals surface area contributed by atoms with Crippen LogP contribution in [0.25, 0.3) is 0 Å². The van der Waals surface area contributed by atoms with Gasteiger partial charge in [0, 0.05) is 0 Å². The van der Waals surface area contributed by atoms with Crippen LogP contribution in [0.1, 0.15) is 5.56 Å². The van der Waals surface area contributed by atoms with Crippen molar-refractivity contribution < 1.29 is 22.3 Å². The molecule has 0 heterocycles. The molecule has 5 heteroatoms. The highest BCUT2D eigenvalue weighted by Crippen LogP contribution is 2.21. The molecule has 0 unspecified atom stereocenters. The van der Waals surface area contributed by atoms with Gasteiger partial charge >= 0.3 is 6.18 Å². The Morgan fingerprint density at radius 2 is 1.93 bits per heavy atom. The van der Waals surface area contributed by atoms with Gasteiger partial charge in [0.25, 0.3) is 0 Å². The minimum Gasteiger partial charge on any atom is -0.481 e. The molecule has 0 spiro atoms. The van der Waals surface area contributed by atoms with E-state index in [2.05, 4.69) is 4.74 Å². The second kappa shape index (κ2) is 3.86. The predicted molar refractivity (Wildman–Crippen MR) is 42.7 cm³/mol. The van der Waals surface area contributed by atoms with E-state index in [1.54, 1.807) is 6.92 Å². The number of ether oxygens (including phenoxy) is 1. The van der Waals surface area contributed by atoms with Crippen LogP contribution in [0.5, 0.6) is 5.75 Å². The summed E-state index contributed by atoms with van der Waals surface area (Å²) in [6, 6.07) is 3.77. The maximum Gasteiger partial charge on any atom is 0.422 e. The van der Waals surface area contributed by atoms with E-state index in [0.717, 1.165) is 6.07 Å². The summed E-state index contributed by atoms with van der Waals surface area (Å²) in [5.41, 5.74) is 0.627. The van der Waals surface area contributed by atoms with Gasteiger partial charge in [-0.25, -0.2) is 4.39 Å². The van der Waals surface area contributed by atoms with Crippen LogP contribution in [-0.4, -0.2) is 12.8 Å². The highest BCUT2D eigenvalue weighted by atomic mass is 19.4. The highest BCUT2D eigenvalue weighted by molar-refractivity contribution is 5.28. The van der Waals surface area contributed by atoms with Gasteiger partial charge in [-0.2, -0.15) is 13.2 Å². The van der Waals surface area contributed by atoms with Gasteiger partial charge in [-0.05, 0) is 24.6 Å². The van der Waals surface area contributed by atoms with Crippen LogP contribution in [0.15, 0.2) is 18.2 Å². The van der Waals surface area contributed by atoms with E-state index in [4.69, 9.17) is 0 Å². The molecular formula is C9H8F4O. The molecule has 78 valence electrons. The Morgan fingerprint density at radius 3 is 2.43 bits per heavy atom. The van der Waals surface area contributed by atoms with Crippen LogP contribution in [0.3, 0.4) is 0 Å². The van der Waals surface area contributed by atoms with Crippen molar-refractivity contribution in [1.29, 1.82) is 0 Å². The summed E-state index contributed by atoms with van der Waals surface area (Å²) in [5, 5.41) is 0. The molecule has 1 aromatic carbocycles. The minimum atomic E-state index is -4.45. The van der Waals surface area contributed by atoms with Crippen molar-refractivity contribution >= 4 is 0 Å². The molecule has 0 amide bonds. The zero-order valence-corrected chi connectivity index (χ0v) is 7.36. The standard InChI is InChI=1S/C9H8F4O/c1-6-2-3-8(7(10)4-6)14-5-9(11,12)13/h2-4H,5H2,1H3. The summed E-state index contributed by atoms with van der Waals surface area (Å²) >= 11 is 0. The molecule has 0 aliphatic rings. The Bertz CT molecular complexity index is 319. The second-order valence-corrected chi connectivity index (χ2v) is 2.84. The number of rotatable bonds is 2. The first-order valence-electron chi connectivity index (χ1n) is 3.84. The zero-order chi connectivity index (χ0) is 10.8. The van der Waals surface area contributed by atoms with Crippen molar-refractivity contribution in [3.05, 3.63) is 29.6 Å². The average Bonchev–Trinajstić information content (AvgIpc) is 2.00. The normalized spacial score (nSPS) is 11.5. The quantitative estimate of drug-likeness (QED) is 0.678. The lowest BCUT2D eigenvalue weighted by Crippen LogP contribution is -2.19. The molecule has 0 saturated carbocycles. The van der Waals surface area contributed by atoms with E-state index in [1.807, 2.05) is 0 Å². The van der Waals surface area contributed by atoms with Crippen molar-refractivity contribution in [1.82, 2.24) is 0 Å². The average molecular weight is 208 g/mol. The van der Waals surface area contributed by atoms with Gasteiger partial charge in [-0.15, -0.1) is 0 Å². The molecule has 0 N–H and O–H groups in total. The molecule has 0 atom stereocenters. The summed E-state index contributed by atoms with van der Waals surface area (Å²) in [7, 11) is 0. The molecule has 1 rings (SSSR count). The van der Waals surface area contributed by atoms with Crippen molar-refractivity contribution in [3.63, 3.8) is 0 Å². The molecular weight excluding hydrogens is 200 g/mol. The fourth-order valence-corrected chi connectivity index (χ4v) is 0.883. The number of halogens is 4. The van der Waals surface area contributed by atoms with E-state index in [9.17, 15) is 17.6 Å². The largest absolute Gasteiger partial charge is 0.481 e. The third kappa shape index (κ3) is 3.24. The number of aryl methyl sites for hydroxylation is 1. The van der Waals surface area contributed by atoms with Crippen LogP contribution in [0.4, 0.5) is 17.6 Å². The Kier molecular flexibility index (Phi) is 2.98. The molecule has 0 aliphatic carbocycles. The molecule has 0 bridgehead atoms. The van der Waals surface area contributed by atoms with Gasteiger partial charge in [0.1, 0.15) is 0 Å². The molecule has 1 aromatic rings. The maximum atomic E-state index is 12.9. The van der Waals surface area contributed by atoms with Crippen LogP contribution in [0, 0.1) is 12.7 Å². The van der Waals surface area contributed by atoms with Crippen LogP contribution in [0.2, 0.25) is 0 Å². The lowest BCUT2D eigenvalue weighted by atomic mass is 10.2.